The molecule has 2 nitrogen and oxygen atoms in total. The standard InChI is InChI=1S/C16H26N2/c1-16(2,3)18-11-9-15(10-12-18)17-13-14-7-5-4-6-8-14/h4-8,15,17H,9-13H2,1-3H3. The summed E-state index contributed by atoms with van der Waals surface area (Å²) < 4.78 is 0. The first-order valence-corrected chi connectivity index (χ1v) is 7.08. The first-order valence-electron chi connectivity index (χ1n) is 7.08. The summed E-state index contributed by atoms with van der Waals surface area (Å²) in [6, 6.07) is 11.4. The molecule has 1 fully saturated rings. The number of likely N-dealkylation sites (tertiary alicyclic amines) is 1. The zero-order valence-electron chi connectivity index (χ0n) is 11.9. The minimum absolute atomic E-state index is 0.324. The van der Waals surface area contributed by atoms with E-state index in [1.165, 1.54) is 31.5 Å². The predicted octanol–water partition coefficient (Wildman–Crippen LogP) is 3.04. The van der Waals surface area contributed by atoms with Crippen LogP contribution in [0.5, 0.6) is 0 Å². The van der Waals surface area contributed by atoms with E-state index in [4.69, 9.17) is 0 Å². The van der Waals surface area contributed by atoms with Crippen molar-refractivity contribution < 1.29 is 0 Å². The molecular weight excluding hydrogens is 220 g/mol. The van der Waals surface area contributed by atoms with Crippen LogP contribution in [0.4, 0.5) is 0 Å². The SMILES string of the molecule is CC(C)(C)N1CCC(NCc2ccccc2)CC1. The Balaban J connectivity index is 1.74. The van der Waals surface area contributed by atoms with Gasteiger partial charge in [-0.15, -0.1) is 0 Å². The molecule has 1 N–H and O–H groups in total. The van der Waals surface area contributed by atoms with Crippen LogP contribution in [-0.2, 0) is 6.54 Å². The highest BCUT2D eigenvalue weighted by atomic mass is 15.2. The minimum atomic E-state index is 0.324. The molecule has 0 saturated carbocycles. The monoisotopic (exact) mass is 246 g/mol. The van der Waals surface area contributed by atoms with Gasteiger partial charge in [0.25, 0.3) is 0 Å². The van der Waals surface area contributed by atoms with Crippen molar-refractivity contribution in [2.75, 3.05) is 13.1 Å². The summed E-state index contributed by atoms with van der Waals surface area (Å²) in [5, 5.41) is 3.68. The molecule has 1 saturated heterocycles. The van der Waals surface area contributed by atoms with Crippen LogP contribution in [0.3, 0.4) is 0 Å². The molecule has 1 aromatic rings. The molecule has 100 valence electrons. The van der Waals surface area contributed by atoms with Gasteiger partial charge in [0.15, 0.2) is 0 Å². The lowest BCUT2D eigenvalue weighted by molar-refractivity contribution is 0.0960. The van der Waals surface area contributed by atoms with Crippen LogP contribution in [-0.4, -0.2) is 29.6 Å². The molecule has 2 heteroatoms. The maximum absolute atomic E-state index is 3.68. The van der Waals surface area contributed by atoms with Gasteiger partial charge in [-0.2, -0.15) is 0 Å². The lowest BCUT2D eigenvalue weighted by Gasteiger charge is -2.41. The van der Waals surface area contributed by atoms with E-state index in [9.17, 15) is 0 Å². The lowest BCUT2D eigenvalue weighted by Crippen LogP contribution is -2.49. The molecule has 0 aromatic heterocycles. The highest BCUT2D eigenvalue weighted by Crippen LogP contribution is 2.20. The average Bonchev–Trinajstić information content (AvgIpc) is 2.37. The summed E-state index contributed by atoms with van der Waals surface area (Å²) in [5.41, 5.74) is 1.71. The first kappa shape index (κ1) is 13.6. The van der Waals surface area contributed by atoms with Crippen molar-refractivity contribution in [1.82, 2.24) is 10.2 Å². The van der Waals surface area contributed by atoms with Crippen LogP contribution in [0.1, 0.15) is 39.2 Å². The Kier molecular flexibility index (Phi) is 4.41. The van der Waals surface area contributed by atoms with Crippen molar-refractivity contribution in [3.05, 3.63) is 35.9 Å². The van der Waals surface area contributed by atoms with Crippen LogP contribution < -0.4 is 5.32 Å². The Bertz CT molecular complexity index is 345. The van der Waals surface area contributed by atoms with Crippen LogP contribution in [0.25, 0.3) is 0 Å². The smallest absolute Gasteiger partial charge is 0.0208 e. The van der Waals surface area contributed by atoms with E-state index in [0.717, 1.165) is 6.54 Å². The van der Waals surface area contributed by atoms with Crippen molar-refractivity contribution in [2.45, 2.75) is 51.7 Å². The third-order valence-electron chi connectivity index (χ3n) is 3.88. The predicted molar refractivity (Wildman–Crippen MR) is 77.6 cm³/mol. The topological polar surface area (TPSA) is 15.3 Å². The first-order chi connectivity index (χ1) is 8.55. The van der Waals surface area contributed by atoms with Gasteiger partial charge in [-0.3, -0.25) is 4.90 Å². The van der Waals surface area contributed by atoms with Gasteiger partial charge in [-0.1, -0.05) is 30.3 Å². The van der Waals surface area contributed by atoms with Gasteiger partial charge < -0.3 is 5.32 Å². The number of hydrogen-bond donors (Lipinski definition) is 1. The van der Waals surface area contributed by atoms with Crippen LogP contribution >= 0.6 is 0 Å². The number of nitrogens with zero attached hydrogens (tertiary/aromatic N) is 1. The summed E-state index contributed by atoms with van der Waals surface area (Å²) >= 11 is 0. The Labute approximate surface area is 111 Å². The van der Waals surface area contributed by atoms with Gasteiger partial charge in [0, 0.05) is 31.2 Å². The molecule has 0 spiro atoms. The van der Waals surface area contributed by atoms with Gasteiger partial charge in [0.1, 0.15) is 0 Å². The molecule has 18 heavy (non-hydrogen) atoms. The molecule has 0 bridgehead atoms. The summed E-state index contributed by atoms with van der Waals surface area (Å²) in [6.45, 7) is 10.4. The number of rotatable bonds is 3. The molecule has 0 unspecified atom stereocenters. The third kappa shape index (κ3) is 3.82. The second-order valence-corrected chi connectivity index (χ2v) is 6.30. The second kappa shape index (κ2) is 5.85. The average molecular weight is 246 g/mol. The molecule has 1 heterocycles. The summed E-state index contributed by atoms with van der Waals surface area (Å²) in [4.78, 5) is 2.59. The largest absolute Gasteiger partial charge is 0.310 e. The second-order valence-electron chi connectivity index (χ2n) is 6.30. The van der Waals surface area contributed by atoms with Gasteiger partial charge in [0.05, 0.1) is 0 Å². The van der Waals surface area contributed by atoms with E-state index in [-0.39, 0.29) is 0 Å². The van der Waals surface area contributed by atoms with Gasteiger partial charge in [-0.25, -0.2) is 0 Å². The highest BCUT2D eigenvalue weighted by Gasteiger charge is 2.26. The van der Waals surface area contributed by atoms with E-state index in [1.54, 1.807) is 0 Å². The van der Waals surface area contributed by atoms with E-state index in [1.807, 2.05) is 0 Å². The molecule has 0 amide bonds. The lowest BCUT2D eigenvalue weighted by atomic mass is 9.98. The number of hydrogen-bond acceptors (Lipinski definition) is 2. The van der Waals surface area contributed by atoms with Crippen molar-refractivity contribution in [3.8, 4) is 0 Å². The number of piperidine rings is 1. The molecule has 1 aliphatic rings. The minimum Gasteiger partial charge on any atom is -0.310 e. The van der Waals surface area contributed by atoms with Crippen molar-refractivity contribution in [3.63, 3.8) is 0 Å². The fraction of sp³-hybridized carbons (Fsp3) is 0.625. The van der Waals surface area contributed by atoms with Crippen LogP contribution in [0, 0.1) is 0 Å². The Morgan fingerprint density at radius 2 is 1.72 bits per heavy atom. The van der Waals surface area contributed by atoms with Crippen molar-refractivity contribution in [1.29, 1.82) is 0 Å². The summed E-state index contributed by atoms with van der Waals surface area (Å²) in [6.07, 6.45) is 2.54. The molecule has 0 radical (unpaired) electrons. The van der Waals surface area contributed by atoms with Crippen LogP contribution in [0.15, 0.2) is 30.3 Å². The van der Waals surface area contributed by atoms with Crippen LogP contribution in [0.2, 0.25) is 0 Å². The van der Waals surface area contributed by atoms with E-state index < -0.39 is 0 Å². The van der Waals surface area contributed by atoms with E-state index in [2.05, 4.69) is 61.3 Å². The molecule has 1 aromatic carbocycles. The normalized spacial score (nSPS) is 19.1. The molecule has 2 rings (SSSR count). The maximum atomic E-state index is 3.68. The molecule has 0 atom stereocenters. The molecular formula is C16H26N2. The highest BCUT2D eigenvalue weighted by molar-refractivity contribution is 5.14. The Morgan fingerprint density at radius 3 is 2.28 bits per heavy atom. The number of benzene rings is 1. The van der Waals surface area contributed by atoms with Gasteiger partial charge in [0.2, 0.25) is 0 Å². The molecule has 1 aliphatic heterocycles. The fourth-order valence-corrected chi connectivity index (χ4v) is 2.61. The summed E-state index contributed by atoms with van der Waals surface area (Å²) in [5.74, 6) is 0. The third-order valence-corrected chi connectivity index (χ3v) is 3.88. The van der Waals surface area contributed by atoms with E-state index >= 15 is 0 Å². The Hall–Kier alpha value is -0.860. The quantitative estimate of drug-likeness (QED) is 0.882. The van der Waals surface area contributed by atoms with E-state index in [0.29, 0.717) is 11.6 Å². The summed E-state index contributed by atoms with van der Waals surface area (Å²) in [7, 11) is 0. The Morgan fingerprint density at radius 1 is 1.11 bits per heavy atom. The fourth-order valence-electron chi connectivity index (χ4n) is 2.61. The van der Waals surface area contributed by atoms with Gasteiger partial charge >= 0.3 is 0 Å². The van der Waals surface area contributed by atoms with Crippen molar-refractivity contribution in [2.24, 2.45) is 0 Å². The maximum Gasteiger partial charge on any atom is 0.0208 e. The number of nitrogens with one attached hydrogen (secondary N) is 1. The zero-order valence-corrected chi connectivity index (χ0v) is 11.9. The van der Waals surface area contributed by atoms with Gasteiger partial charge in [-0.05, 0) is 39.2 Å². The molecule has 0 aliphatic carbocycles. The zero-order chi connectivity index (χ0) is 13.0. The van der Waals surface area contributed by atoms with Crippen molar-refractivity contribution >= 4 is 0 Å².